The largest absolute Gasteiger partial charge is 0.374 e. The Bertz CT molecular complexity index is 180. The molecule has 0 heterocycles. The van der Waals surface area contributed by atoms with Gasteiger partial charge in [0.15, 0.2) is 0 Å². The Hall–Kier alpha value is -0.300. The highest BCUT2D eigenvalue weighted by Gasteiger charge is 2.04. The highest BCUT2D eigenvalue weighted by Crippen LogP contribution is 2.13. The molecule has 0 fully saturated rings. The summed E-state index contributed by atoms with van der Waals surface area (Å²) in [7, 11) is 0. The molecule has 0 bridgehead atoms. The zero-order valence-electron chi connectivity index (χ0n) is 12.4. The highest BCUT2D eigenvalue weighted by molar-refractivity contribution is 4.98. The summed E-state index contributed by atoms with van der Waals surface area (Å²) in [5.74, 6) is 0. The molecule has 1 unspecified atom stereocenters. The zero-order valence-corrected chi connectivity index (χ0v) is 12.4. The van der Waals surface area contributed by atoms with Crippen LogP contribution in [0.1, 0.15) is 79.1 Å². The van der Waals surface area contributed by atoms with E-state index in [4.69, 9.17) is 4.74 Å². The van der Waals surface area contributed by atoms with E-state index in [0.29, 0.717) is 6.10 Å². The number of ether oxygens (including phenoxy) is 1. The molecule has 0 aliphatic heterocycles. The first-order chi connectivity index (χ1) is 8.20. The second-order valence-corrected chi connectivity index (χ2v) is 5.15. The summed E-state index contributed by atoms with van der Waals surface area (Å²) < 4.78 is 5.72. The first kappa shape index (κ1) is 16.7. The Kier molecular flexibility index (Phi) is 12.0. The zero-order chi connectivity index (χ0) is 12.9. The van der Waals surface area contributed by atoms with E-state index in [9.17, 15) is 0 Å². The molecule has 0 radical (unpaired) electrons. The predicted octanol–water partition coefficient (Wildman–Crippen LogP) is 5.50. The van der Waals surface area contributed by atoms with Crippen LogP contribution in [0.3, 0.4) is 0 Å². The van der Waals surface area contributed by atoms with Crippen molar-refractivity contribution in [1.29, 1.82) is 0 Å². The maximum Gasteiger partial charge on any atom is 0.0758 e. The van der Waals surface area contributed by atoms with Gasteiger partial charge in [-0.2, -0.15) is 0 Å². The van der Waals surface area contributed by atoms with Crippen LogP contribution in [0.25, 0.3) is 0 Å². The minimum absolute atomic E-state index is 0.348. The van der Waals surface area contributed by atoms with Crippen LogP contribution in [0.15, 0.2) is 11.6 Å². The minimum Gasteiger partial charge on any atom is -0.374 e. The molecule has 0 saturated carbocycles. The molecule has 0 aliphatic carbocycles. The molecule has 0 amide bonds. The van der Waals surface area contributed by atoms with Crippen LogP contribution in [0.2, 0.25) is 0 Å². The smallest absolute Gasteiger partial charge is 0.0758 e. The number of allylic oxidation sites excluding steroid dienone is 1. The van der Waals surface area contributed by atoms with E-state index >= 15 is 0 Å². The van der Waals surface area contributed by atoms with Crippen LogP contribution in [-0.4, -0.2) is 12.7 Å². The summed E-state index contributed by atoms with van der Waals surface area (Å²) in [6.07, 6.45) is 13.4. The van der Waals surface area contributed by atoms with Gasteiger partial charge in [0.1, 0.15) is 0 Å². The van der Waals surface area contributed by atoms with Crippen LogP contribution < -0.4 is 0 Å². The molecule has 0 saturated heterocycles. The lowest BCUT2D eigenvalue weighted by Gasteiger charge is -2.13. The normalized spacial score (nSPS) is 12.5. The van der Waals surface area contributed by atoms with Crippen molar-refractivity contribution >= 4 is 0 Å². The standard InChI is InChI=1S/C16H32O/c1-5-7-8-9-10-11-12-13-16(17-6-2)14-15(3)4/h14,16H,5-13H2,1-4H3. The van der Waals surface area contributed by atoms with Gasteiger partial charge in [0.2, 0.25) is 0 Å². The van der Waals surface area contributed by atoms with Crippen molar-refractivity contribution in [2.24, 2.45) is 0 Å². The molecular weight excluding hydrogens is 208 g/mol. The molecule has 0 aliphatic rings. The highest BCUT2D eigenvalue weighted by atomic mass is 16.5. The van der Waals surface area contributed by atoms with Crippen molar-refractivity contribution in [2.45, 2.75) is 85.2 Å². The van der Waals surface area contributed by atoms with Gasteiger partial charge < -0.3 is 4.74 Å². The third kappa shape index (κ3) is 12.0. The van der Waals surface area contributed by atoms with Crippen LogP contribution in [0, 0.1) is 0 Å². The molecule has 102 valence electrons. The molecule has 0 aromatic heterocycles. The fourth-order valence-corrected chi connectivity index (χ4v) is 2.10. The average molecular weight is 240 g/mol. The molecule has 0 aromatic carbocycles. The number of hydrogen-bond donors (Lipinski definition) is 0. The predicted molar refractivity (Wildman–Crippen MR) is 77.5 cm³/mol. The fourth-order valence-electron chi connectivity index (χ4n) is 2.10. The summed E-state index contributed by atoms with van der Waals surface area (Å²) in [5.41, 5.74) is 1.37. The monoisotopic (exact) mass is 240 g/mol. The van der Waals surface area contributed by atoms with E-state index in [-0.39, 0.29) is 0 Å². The van der Waals surface area contributed by atoms with Crippen LogP contribution in [-0.2, 0) is 4.74 Å². The molecule has 1 heteroatoms. The molecular formula is C16H32O. The molecule has 1 atom stereocenters. The first-order valence-corrected chi connectivity index (χ1v) is 7.47. The molecule has 0 aromatic rings. The van der Waals surface area contributed by atoms with Crippen LogP contribution in [0.5, 0.6) is 0 Å². The Morgan fingerprint density at radius 2 is 1.53 bits per heavy atom. The Morgan fingerprint density at radius 1 is 0.941 bits per heavy atom. The lowest BCUT2D eigenvalue weighted by molar-refractivity contribution is 0.0877. The number of hydrogen-bond acceptors (Lipinski definition) is 1. The summed E-state index contributed by atoms with van der Waals surface area (Å²) in [6.45, 7) is 9.47. The van der Waals surface area contributed by atoms with Gasteiger partial charge in [-0.1, -0.05) is 63.5 Å². The Labute approximate surface area is 109 Å². The van der Waals surface area contributed by atoms with Crippen molar-refractivity contribution in [3.63, 3.8) is 0 Å². The lowest BCUT2D eigenvalue weighted by atomic mass is 10.1. The molecule has 17 heavy (non-hydrogen) atoms. The third-order valence-electron chi connectivity index (χ3n) is 2.99. The van der Waals surface area contributed by atoms with Crippen molar-refractivity contribution in [3.05, 3.63) is 11.6 Å². The molecule has 1 nitrogen and oxygen atoms in total. The number of rotatable bonds is 11. The van der Waals surface area contributed by atoms with Gasteiger partial charge in [-0.05, 0) is 27.2 Å². The first-order valence-electron chi connectivity index (χ1n) is 7.47. The second kappa shape index (κ2) is 12.2. The van der Waals surface area contributed by atoms with E-state index in [1.165, 1.54) is 56.9 Å². The van der Waals surface area contributed by atoms with Crippen LogP contribution >= 0.6 is 0 Å². The van der Waals surface area contributed by atoms with E-state index in [1.807, 2.05) is 0 Å². The summed E-state index contributed by atoms with van der Waals surface area (Å²) in [4.78, 5) is 0. The van der Waals surface area contributed by atoms with Gasteiger partial charge in [-0.3, -0.25) is 0 Å². The molecule has 0 spiro atoms. The summed E-state index contributed by atoms with van der Waals surface area (Å²) in [6, 6.07) is 0. The van der Waals surface area contributed by atoms with Crippen molar-refractivity contribution in [3.8, 4) is 0 Å². The van der Waals surface area contributed by atoms with Crippen molar-refractivity contribution in [1.82, 2.24) is 0 Å². The lowest BCUT2D eigenvalue weighted by Crippen LogP contribution is -2.10. The summed E-state index contributed by atoms with van der Waals surface area (Å²) in [5, 5.41) is 0. The maximum absolute atomic E-state index is 5.72. The second-order valence-electron chi connectivity index (χ2n) is 5.15. The average Bonchev–Trinajstić information content (AvgIpc) is 2.27. The van der Waals surface area contributed by atoms with Gasteiger partial charge >= 0.3 is 0 Å². The molecule has 0 N–H and O–H groups in total. The van der Waals surface area contributed by atoms with Gasteiger partial charge in [-0.25, -0.2) is 0 Å². The minimum atomic E-state index is 0.348. The van der Waals surface area contributed by atoms with Crippen LogP contribution in [0.4, 0.5) is 0 Å². The third-order valence-corrected chi connectivity index (χ3v) is 2.99. The van der Waals surface area contributed by atoms with Gasteiger partial charge in [0.25, 0.3) is 0 Å². The van der Waals surface area contributed by atoms with Gasteiger partial charge in [-0.15, -0.1) is 0 Å². The van der Waals surface area contributed by atoms with E-state index in [2.05, 4.69) is 33.8 Å². The Morgan fingerprint density at radius 3 is 2.06 bits per heavy atom. The van der Waals surface area contributed by atoms with E-state index in [1.54, 1.807) is 0 Å². The maximum atomic E-state index is 5.72. The van der Waals surface area contributed by atoms with Crippen molar-refractivity contribution < 1.29 is 4.74 Å². The quantitative estimate of drug-likeness (QED) is 0.342. The topological polar surface area (TPSA) is 9.23 Å². The van der Waals surface area contributed by atoms with Gasteiger partial charge in [0.05, 0.1) is 6.10 Å². The summed E-state index contributed by atoms with van der Waals surface area (Å²) >= 11 is 0. The molecule has 0 rings (SSSR count). The number of unbranched alkanes of at least 4 members (excludes halogenated alkanes) is 6. The van der Waals surface area contributed by atoms with Gasteiger partial charge in [0, 0.05) is 6.61 Å². The Balaban J connectivity index is 3.51. The fraction of sp³-hybridized carbons (Fsp3) is 0.875. The SMILES string of the molecule is CCCCCCCCCC(C=C(C)C)OCC. The van der Waals surface area contributed by atoms with E-state index < -0.39 is 0 Å². The van der Waals surface area contributed by atoms with Crippen molar-refractivity contribution in [2.75, 3.05) is 6.61 Å². The van der Waals surface area contributed by atoms with E-state index in [0.717, 1.165) is 6.61 Å².